The van der Waals surface area contributed by atoms with Gasteiger partial charge in [-0.1, -0.05) is 54.1 Å². The van der Waals surface area contributed by atoms with E-state index >= 15 is 0 Å². The van der Waals surface area contributed by atoms with Crippen molar-refractivity contribution in [2.45, 2.75) is 39.5 Å². The molecule has 0 bridgehead atoms. The van der Waals surface area contributed by atoms with Crippen LogP contribution in [0.3, 0.4) is 0 Å². The molecule has 0 saturated heterocycles. The molecule has 2 N–H and O–H groups in total. The van der Waals surface area contributed by atoms with Crippen LogP contribution in [0, 0.1) is 34.6 Å². The Morgan fingerprint density at radius 1 is 0.667 bits per heavy atom. The molecule has 0 fully saturated rings. The van der Waals surface area contributed by atoms with Crippen molar-refractivity contribution in [3.63, 3.8) is 0 Å². The molecule has 0 atom stereocenters. The highest BCUT2D eigenvalue weighted by Gasteiger charge is 2.17. The van der Waals surface area contributed by atoms with Gasteiger partial charge in [0, 0.05) is 11.4 Å². The first-order valence-electron chi connectivity index (χ1n) is 9.75. The Labute approximate surface area is 178 Å². The summed E-state index contributed by atoms with van der Waals surface area (Å²) in [6.07, 6.45) is 0. The molecule has 0 heterocycles. The lowest BCUT2D eigenvalue weighted by Gasteiger charge is -2.18. The molecule has 0 unspecified atom stereocenters. The first-order chi connectivity index (χ1) is 14.2. The van der Waals surface area contributed by atoms with E-state index < -0.39 is 10.0 Å². The van der Waals surface area contributed by atoms with Gasteiger partial charge in [0.2, 0.25) is 5.96 Å². The lowest BCUT2D eigenvalue weighted by molar-refractivity contribution is 0.598. The fourth-order valence-electron chi connectivity index (χ4n) is 3.22. The molecule has 0 aromatic heterocycles. The number of sulfonamides is 1. The second-order valence-corrected chi connectivity index (χ2v) is 9.12. The molecular formula is C24H27N3O2S. The van der Waals surface area contributed by atoms with E-state index in [4.69, 9.17) is 0 Å². The number of aryl methyl sites for hydroxylation is 5. The maximum Gasteiger partial charge on any atom is 0.285 e. The smallest absolute Gasteiger partial charge is 0.285 e. The summed E-state index contributed by atoms with van der Waals surface area (Å²) in [5.41, 5.74) is 6.64. The highest BCUT2D eigenvalue weighted by molar-refractivity contribution is 7.90. The zero-order valence-corrected chi connectivity index (χ0v) is 18.8. The van der Waals surface area contributed by atoms with Crippen LogP contribution in [0.4, 0.5) is 11.4 Å². The molecule has 0 aliphatic rings. The van der Waals surface area contributed by atoms with Crippen molar-refractivity contribution in [2.75, 3.05) is 10.6 Å². The Hall–Kier alpha value is -3.12. The molecule has 156 valence electrons. The molecule has 0 spiro atoms. The van der Waals surface area contributed by atoms with E-state index in [0.717, 1.165) is 39.2 Å². The van der Waals surface area contributed by atoms with E-state index in [1.165, 1.54) is 0 Å². The van der Waals surface area contributed by atoms with Gasteiger partial charge in [-0.2, -0.15) is 8.42 Å². The lowest BCUT2D eigenvalue weighted by Crippen LogP contribution is -2.25. The van der Waals surface area contributed by atoms with E-state index in [2.05, 4.69) is 15.0 Å². The molecule has 6 heteroatoms. The van der Waals surface area contributed by atoms with Crippen molar-refractivity contribution in [3.05, 3.63) is 88.5 Å². The molecule has 3 aromatic carbocycles. The molecule has 0 amide bonds. The summed E-state index contributed by atoms with van der Waals surface area (Å²) < 4.78 is 30.1. The Kier molecular flexibility index (Phi) is 6.27. The van der Waals surface area contributed by atoms with Gasteiger partial charge in [0.05, 0.1) is 4.90 Å². The predicted octanol–water partition coefficient (Wildman–Crippen LogP) is 5.50. The summed E-state index contributed by atoms with van der Waals surface area (Å²) in [5, 5.41) is 6.43. The third-order valence-electron chi connectivity index (χ3n) is 4.98. The van der Waals surface area contributed by atoms with Crippen LogP contribution in [0.15, 0.2) is 70.0 Å². The van der Waals surface area contributed by atoms with Crippen LogP contribution in [0.1, 0.15) is 27.8 Å². The van der Waals surface area contributed by atoms with E-state index in [1.807, 2.05) is 71.0 Å². The van der Waals surface area contributed by atoms with Crippen LogP contribution in [-0.4, -0.2) is 14.4 Å². The number of para-hydroxylation sites is 2. The number of hydrogen-bond acceptors (Lipinski definition) is 2. The summed E-state index contributed by atoms with van der Waals surface area (Å²) in [4.78, 5) is 0.150. The Balaban J connectivity index is 2.09. The average molecular weight is 422 g/mol. The molecule has 0 radical (unpaired) electrons. The van der Waals surface area contributed by atoms with Crippen LogP contribution in [0.5, 0.6) is 0 Å². The summed E-state index contributed by atoms with van der Waals surface area (Å²) in [7, 11) is -3.90. The van der Waals surface area contributed by atoms with E-state index in [-0.39, 0.29) is 10.9 Å². The Morgan fingerprint density at radius 2 is 1.07 bits per heavy atom. The molecular weight excluding hydrogens is 394 g/mol. The predicted molar refractivity (Wildman–Crippen MR) is 125 cm³/mol. The van der Waals surface area contributed by atoms with Crippen molar-refractivity contribution in [1.82, 2.24) is 0 Å². The van der Waals surface area contributed by atoms with Gasteiger partial charge in [-0.25, -0.2) is 0 Å². The standard InChI is InChI=1S/C24H27N3O2S/c1-16-12-14-21(15-13-16)30(28,29)27-24(25-22-17(2)8-6-9-18(22)3)26-23-19(4)10-7-11-20(23)5/h6-15H,1-5H3,(H2,25,26,27). The van der Waals surface area contributed by atoms with Gasteiger partial charge in [0.1, 0.15) is 0 Å². The fraction of sp³-hybridized carbons (Fsp3) is 0.208. The van der Waals surface area contributed by atoms with Crippen LogP contribution in [0.2, 0.25) is 0 Å². The normalized spacial score (nSPS) is 11.1. The molecule has 3 aromatic rings. The lowest BCUT2D eigenvalue weighted by atomic mass is 10.1. The second kappa shape index (κ2) is 8.71. The number of hydrogen-bond donors (Lipinski definition) is 2. The topological polar surface area (TPSA) is 70.6 Å². The van der Waals surface area contributed by atoms with Crippen molar-refractivity contribution >= 4 is 27.4 Å². The quantitative estimate of drug-likeness (QED) is 0.431. The first kappa shape index (κ1) is 21.6. The molecule has 30 heavy (non-hydrogen) atoms. The summed E-state index contributed by atoms with van der Waals surface area (Å²) in [6.45, 7) is 9.80. The molecule has 0 saturated carbocycles. The Bertz CT molecular complexity index is 1100. The third kappa shape index (κ3) is 4.89. The highest BCUT2D eigenvalue weighted by Crippen LogP contribution is 2.23. The summed E-state index contributed by atoms with van der Waals surface area (Å²) in [6, 6.07) is 18.5. The van der Waals surface area contributed by atoms with Gasteiger partial charge < -0.3 is 10.6 Å². The summed E-state index contributed by atoms with van der Waals surface area (Å²) >= 11 is 0. The zero-order chi connectivity index (χ0) is 21.9. The van der Waals surface area contributed by atoms with Gasteiger partial charge >= 0.3 is 0 Å². The van der Waals surface area contributed by atoms with Crippen LogP contribution < -0.4 is 10.6 Å². The monoisotopic (exact) mass is 421 g/mol. The molecule has 0 aliphatic carbocycles. The molecule has 5 nitrogen and oxygen atoms in total. The van der Waals surface area contributed by atoms with E-state index in [1.54, 1.807) is 24.3 Å². The zero-order valence-electron chi connectivity index (χ0n) is 17.9. The molecule has 0 aliphatic heterocycles. The minimum Gasteiger partial charge on any atom is -0.325 e. The van der Waals surface area contributed by atoms with Gasteiger partial charge in [-0.3, -0.25) is 0 Å². The maximum atomic E-state index is 13.0. The maximum absolute atomic E-state index is 13.0. The van der Waals surface area contributed by atoms with Crippen LogP contribution in [-0.2, 0) is 10.0 Å². The summed E-state index contributed by atoms with van der Waals surface area (Å²) in [5.74, 6) is 0.158. The largest absolute Gasteiger partial charge is 0.325 e. The SMILES string of the molecule is Cc1ccc(S(=O)(=O)N=C(Nc2c(C)cccc2C)Nc2c(C)cccc2C)cc1. The molecule has 3 rings (SSSR count). The first-order valence-corrected chi connectivity index (χ1v) is 11.2. The van der Waals surface area contributed by atoms with Crippen molar-refractivity contribution in [2.24, 2.45) is 4.40 Å². The van der Waals surface area contributed by atoms with Crippen molar-refractivity contribution in [3.8, 4) is 0 Å². The Morgan fingerprint density at radius 3 is 1.47 bits per heavy atom. The van der Waals surface area contributed by atoms with Gasteiger partial charge in [0.15, 0.2) is 0 Å². The average Bonchev–Trinajstić information content (AvgIpc) is 2.67. The number of nitrogens with one attached hydrogen (secondary N) is 2. The van der Waals surface area contributed by atoms with Crippen molar-refractivity contribution < 1.29 is 8.42 Å². The van der Waals surface area contributed by atoms with Gasteiger partial charge in [0.25, 0.3) is 10.0 Å². The minimum absolute atomic E-state index is 0.150. The highest BCUT2D eigenvalue weighted by atomic mass is 32.2. The van der Waals surface area contributed by atoms with Gasteiger partial charge in [-0.05, 0) is 69.0 Å². The minimum atomic E-state index is -3.90. The van der Waals surface area contributed by atoms with Crippen molar-refractivity contribution in [1.29, 1.82) is 0 Å². The number of anilines is 2. The number of benzene rings is 3. The van der Waals surface area contributed by atoms with E-state index in [0.29, 0.717) is 0 Å². The number of rotatable bonds is 4. The van der Waals surface area contributed by atoms with Crippen LogP contribution in [0.25, 0.3) is 0 Å². The third-order valence-corrected chi connectivity index (χ3v) is 6.27. The fourth-order valence-corrected chi connectivity index (χ4v) is 4.14. The number of nitrogens with zero attached hydrogens (tertiary/aromatic N) is 1. The van der Waals surface area contributed by atoms with E-state index in [9.17, 15) is 8.42 Å². The van der Waals surface area contributed by atoms with Gasteiger partial charge in [-0.15, -0.1) is 4.40 Å². The van der Waals surface area contributed by atoms with Crippen LogP contribution >= 0.6 is 0 Å². The number of guanidine groups is 1. The second-order valence-electron chi connectivity index (χ2n) is 7.51.